The Hall–Kier alpha value is -0.810. The van der Waals surface area contributed by atoms with Crippen LogP contribution in [-0.4, -0.2) is 40.5 Å². The average molecular weight is 286 g/mol. The van der Waals surface area contributed by atoms with E-state index < -0.39 is 11.2 Å². The number of nitrogens with one attached hydrogen (secondary N) is 2. The summed E-state index contributed by atoms with van der Waals surface area (Å²) in [6.07, 6.45) is 2.64. The summed E-state index contributed by atoms with van der Waals surface area (Å²) >= 11 is 0. The Balaban J connectivity index is 2.51. The zero-order valence-corrected chi connectivity index (χ0v) is 13.6. The fourth-order valence-electron chi connectivity index (χ4n) is 2.32. The van der Waals surface area contributed by atoms with Gasteiger partial charge in [-0.1, -0.05) is 0 Å². The normalized spacial score (nSPS) is 25.4. The second-order valence-corrected chi connectivity index (χ2v) is 7.33. The fourth-order valence-corrected chi connectivity index (χ4v) is 2.32. The van der Waals surface area contributed by atoms with E-state index in [2.05, 4.69) is 10.6 Å². The Kier molecular flexibility index (Phi) is 5.44. The molecule has 5 heteroatoms. The average Bonchev–Trinajstić information content (AvgIpc) is 2.61. The molecule has 3 atom stereocenters. The third-order valence-corrected chi connectivity index (χ3v) is 3.74. The molecular weight excluding hydrogens is 256 g/mol. The summed E-state index contributed by atoms with van der Waals surface area (Å²) in [5, 5.41) is 16.3. The van der Waals surface area contributed by atoms with E-state index in [4.69, 9.17) is 4.74 Å². The van der Waals surface area contributed by atoms with Crippen LogP contribution in [0.5, 0.6) is 0 Å². The van der Waals surface area contributed by atoms with Gasteiger partial charge < -0.3 is 20.5 Å². The van der Waals surface area contributed by atoms with Gasteiger partial charge in [-0.2, -0.15) is 0 Å². The number of hydrogen-bond donors (Lipinski definition) is 3. The maximum Gasteiger partial charge on any atom is 0.407 e. The molecule has 1 rings (SSSR count). The van der Waals surface area contributed by atoms with Crippen LogP contribution in [0.1, 0.15) is 60.8 Å². The molecule has 1 fully saturated rings. The van der Waals surface area contributed by atoms with E-state index in [-0.39, 0.29) is 24.2 Å². The zero-order valence-electron chi connectivity index (χ0n) is 13.6. The molecule has 3 N–H and O–H groups in total. The maximum atomic E-state index is 11.8. The highest BCUT2D eigenvalue weighted by Crippen LogP contribution is 2.22. The molecule has 5 nitrogen and oxygen atoms in total. The first kappa shape index (κ1) is 17.2. The molecule has 0 aromatic rings. The van der Waals surface area contributed by atoms with E-state index in [0.717, 1.165) is 19.3 Å². The Morgan fingerprint density at radius 2 is 1.75 bits per heavy atom. The number of amides is 1. The van der Waals surface area contributed by atoms with Gasteiger partial charge in [-0.05, 0) is 60.8 Å². The Morgan fingerprint density at radius 1 is 1.20 bits per heavy atom. The van der Waals surface area contributed by atoms with E-state index in [9.17, 15) is 9.90 Å². The molecule has 0 heterocycles. The third-order valence-electron chi connectivity index (χ3n) is 3.74. The van der Waals surface area contributed by atoms with Crippen molar-refractivity contribution in [1.29, 1.82) is 0 Å². The van der Waals surface area contributed by atoms with Crippen molar-refractivity contribution in [3.63, 3.8) is 0 Å². The molecule has 0 saturated heterocycles. The summed E-state index contributed by atoms with van der Waals surface area (Å²) in [5.41, 5.74) is -1.26. The van der Waals surface area contributed by atoms with E-state index in [1.54, 1.807) is 13.8 Å². The predicted octanol–water partition coefficient (Wildman–Crippen LogP) is 2.18. The van der Waals surface area contributed by atoms with E-state index in [0.29, 0.717) is 0 Å². The van der Waals surface area contributed by atoms with Gasteiger partial charge in [-0.25, -0.2) is 4.79 Å². The minimum atomic E-state index is -0.779. The van der Waals surface area contributed by atoms with Crippen molar-refractivity contribution in [3.8, 4) is 0 Å². The molecule has 0 radical (unpaired) electrons. The van der Waals surface area contributed by atoms with Gasteiger partial charge in [0.15, 0.2) is 0 Å². The maximum absolute atomic E-state index is 11.8. The van der Waals surface area contributed by atoms with Crippen LogP contribution in [0.25, 0.3) is 0 Å². The molecule has 1 amide bonds. The minimum Gasteiger partial charge on any atom is -0.444 e. The number of aliphatic hydroxyl groups is 1. The molecule has 118 valence electrons. The molecule has 3 unspecified atom stereocenters. The van der Waals surface area contributed by atoms with Gasteiger partial charge in [0, 0.05) is 18.1 Å². The van der Waals surface area contributed by atoms with Crippen LogP contribution in [0.3, 0.4) is 0 Å². The van der Waals surface area contributed by atoms with Crippen molar-refractivity contribution in [2.24, 2.45) is 0 Å². The number of hydrogen-bond acceptors (Lipinski definition) is 4. The van der Waals surface area contributed by atoms with Gasteiger partial charge in [0.25, 0.3) is 0 Å². The zero-order chi connectivity index (χ0) is 15.6. The molecular formula is C15H30N2O3. The monoisotopic (exact) mass is 286 g/mol. The minimum absolute atomic E-state index is 0.0338. The van der Waals surface area contributed by atoms with E-state index in [1.807, 2.05) is 27.7 Å². The van der Waals surface area contributed by atoms with Crippen LogP contribution in [0.15, 0.2) is 0 Å². The lowest BCUT2D eigenvalue weighted by Crippen LogP contribution is -2.55. The number of rotatable bonds is 4. The smallest absolute Gasteiger partial charge is 0.407 e. The number of carbonyl (C=O) groups excluding carboxylic acids is 1. The third kappa shape index (κ3) is 5.67. The van der Waals surface area contributed by atoms with Crippen LogP contribution >= 0.6 is 0 Å². The van der Waals surface area contributed by atoms with Gasteiger partial charge in [0.1, 0.15) is 5.60 Å². The Labute approximate surface area is 122 Å². The quantitative estimate of drug-likeness (QED) is 0.741. The molecule has 20 heavy (non-hydrogen) atoms. The molecule has 0 aromatic carbocycles. The molecule has 0 aromatic heterocycles. The first-order valence-electron chi connectivity index (χ1n) is 7.47. The van der Waals surface area contributed by atoms with Gasteiger partial charge in [-0.3, -0.25) is 0 Å². The van der Waals surface area contributed by atoms with Crippen molar-refractivity contribution < 1.29 is 14.6 Å². The molecule has 0 aliphatic heterocycles. The van der Waals surface area contributed by atoms with Crippen molar-refractivity contribution >= 4 is 6.09 Å². The van der Waals surface area contributed by atoms with Crippen molar-refractivity contribution in [2.75, 3.05) is 0 Å². The van der Waals surface area contributed by atoms with Crippen LogP contribution in [0.2, 0.25) is 0 Å². The lowest BCUT2D eigenvalue weighted by Gasteiger charge is -2.32. The molecule has 0 spiro atoms. The number of carbonyl (C=O) groups is 1. The van der Waals surface area contributed by atoms with Crippen LogP contribution in [0, 0.1) is 0 Å². The summed E-state index contributed by atoms with van der Waals surface area (Å²) in [6, 6.07) is 0.215. The topological polar surface area (TPSA) is 70.6 Å². The van der Waals surface area contributed by atoms with E-state index >= 15 is 0 Å². The second kappa shape index (κ2) is 6.31. The highest BCUT2D eigenvalue weighted by molar-refractivity contribution is 5.68. The van der Waals surface area contributed by atoms with Gasteiger partial charge in [-0.15, -0.1) is 0 Å². The summed E-state index contributed by atoms with van der Waals surface area (Å²) < 4.78 is 5.29. The molecule has 1 saturated carbocycles. The SMILES string of the molecule is CC(NC1CCCC1NC(=O)OC(C)(C)C)C(C)(C)O. The Bertz CT molecular complexity index is 331. The van der Waals surface area contributed by atoms with Crippen LogP contribution < -0.4 is 10.6 Å². The lowest BCUT2D eigenvalue weighted by atomic mass is 9.99. The second-order valence-electron chi connectivity index (χ2n) is 7.33. The van der Waals surface area contributed by atoms with Crippen molar-refractivity contribution in [3.05, 3.63) is 0 Å². The Morgan fingerprint density at radius 3 is 2.25 bits per heavy atom. The first-order valence-corrected chi connectivity index (χ1v) is 7.47. The van der Waals surface area contributed by atoms with E-state index in [1.165, 1.54) is 0 Å². The molecule has 1 aliphatic carbocycles. The van der Waals surface area contributed by atoms with Gasteiger partial charge in [0.2, 0.25) is 0 Å². The molecule has 0 bridgehead atoms. The largest absolute Gasteiger partial charge is 0.444 e. The highest BCUT2D eigenvalue weighted by Gasteiger charge is 2.33. The first-order chi connectivity index (χ1) is 8.99. The van der Waals surface area contributed by atoms with Crippen LogP contribution in [0.4, 0.5) is 4.79 Å². The van der Waals surface area contributed by atoms with Gasteiger partial charge >= 0.3 is 6.09 Å². The fraction of sp³-hybridized carbons (Fsp3) is 0.933. The van der Waals surface area contributed by atoms with Crippen molar-refractivity contribution in [2.45, 2.75) is 90.1 Å². The lowest BCUT2D eigenvalue weighted by molar-refractivity contribution is 0.0365. The number of alkyl carbamates (subject to hydrolysis) is 1. The number of ether oxygens (including phenoxy) is 1. The summed E-state index contributed by atoms with van der Waals surface area (Å²) in [4.78, 5) is 11.8. The standard InChI is InChI=1S/C15H30N2O3/c1-10(15(5,6)19)16-11-8-7-9-12(11)17-13(18)20-14(2,3)4/h10-12,16,19H,7-9H2,1-6H3,(H,17,18). The highest BCUT2D eigenvalue weighted by atomic mass is 16.6. The predicted molar refractivity (Wildman–Crippen MR) is 79.7 cm³/mol. The molecule has 1 aliphatic rings. The summed E-state index contributed by atoms with van der Waals surface area (Å²) in [6.45, 7) is 11.1. The van der Waals surface area contributed by atoms with Crippen molar-refractivity contribution in [1.82, 2.24) is 10.6 Å². The summed E-state index contributed by atoms with van der Waals surface area (Å²) in [5.74, 6) is 0. The summed E-state index contributed by atoms with van der Waals surface area (Å²) in [7, 11) is 0. The van der Waals surface area contributed by atoms with Gasteiger partial charge in [0.05, 0.1) is 5.60 Å². The van der Waals surface area contributed by atoms with Crippen LogP contribution in [-0.2, 0) is 4.74 Å².